The number of nitrogens with one attached hydrogen (secondary N) is 2. The number of aromatic nitrogens is 2. The zero-order valence-corrected chi connectivity index (χ0v) is 19.2. The Morgan fingerprint density at radius 3 is 2.73 bits per heavy atom. The fourth-order valence-corrected chi connectivity index (χ4v) is 3.25. The van der Waals surface area contributed by atoms with E-state index in [1.807, 2.05) is 56.3 Å². The molecule has 0 aliphatic carbocycles. The van der Waals surface area contributed by atoms with Gasteiger partial charge in [-0.3, -0.25) is 10.1 Å². The molecule has 168 valence electrons. The smallest absolute Gasteiger partial charge is 0.257 e. The number of hydrogen-bond donors (Lipinski definition) is 2. The summed E-state index contributed by atoms with van der Waals surface area (Å²) >= 11 is 5.28. The molecule has 0 spiro atoms. The number of thiocarbonyl (C=S) groups is 1. The van der Waals surface area contributed by atoms with E-state index < -0.39 is 0 Å². The van der Waals surface area contributed by atoms with Crippen LogP contribution >= 0.6 is 12.2 Å². The van der Waals surface area contributed by atoms with Gasteiger partial charge in [-0.2, -0.15) is 4.98 Å². The van der Waals surface area contributed by atoms with E-state index in [4.69, 9.17) is 21.4 Å². The van der Waals surface area contributed by atoms with Gasteiger partial charge in [-0.15, -0.1) is 0 Å². The number of carbonyl (C=O) groups is 1. The molecule has 1 amide bonds. The SMILES string of the molecule is CC[C@@H](C)Oc1cccc(C(=O)NC(=S)NCc2ccc(-c3nc4ncccc4o3)cc2)c1. The second-order valence-corrected chi connectivity index (χ2v) is 7.95. The van der Waals surface area contributed by atoms with E-state index in [1.165, 1.54) is 0 Å². The van der Waals surface area contributed by atoms with Crippen LogP contribution < -0.4 is 15.4 Å². The molecule has 2 aromatic heterocycles. The molecule has 0 aliphatic heterocycles. The highest BCUT2D eigenvalue weighted by Gasteiger charge is 2.11. The van der Waals surface area contributed by atoms with Gasteiger partial charge in [0.2, 0.25) is 5.89 Å². The van der Waals surface area contributed by atoms with Crippen molar-refractivity contribution in [3.63, 3.8) is 0 Å². The number of nitrogens with zero attached hydrogens (tertiary/aromatic N) is 2. The van der Waals surface area contributed by atoms with Gasteiger partial charge in [0, 0.05) is 23.9 Å². The van der Waals surface area contributed by atoms with Gasteiger partial charge in [0.15, 0.2) is 16.3 Å². The highest BCUT2D eigenvalue weighted by atomic mass is 32.1. The third kappa shape index (κ3) is 5.72. The van der Waals surface area contributed by atoms with Crippen LogP contribution in [0.2, 0.25) is 0 Å². The van der Waals surface area contributed by atoms with Crippen molar-refractivity contribution < 1.29 is 13.9 Å². The maximum absolute atomic E-state index is 12.5. The minimum atomic E-state index is -0.290. The summed E-state index contributed by atoms with van der Waals surface area (Å²) in [5, 5.41) is 6.01. The summed E-state index contributed by atoms with van der Waals surface area (Å²) < 4.78 is 11.5. The minimum absolute atomic E-state index is 0.0803. The number of oxazole rings is 1. The summed E-state index contributed by atoms with van der Waals surface area (Å²) in [5.41, 5.74) is 3.56. The zero-order chi connectivity index (χ0) is 23.2. The van der Waals surface area contributed by atoms with E-state index in [2.05, 4.69) is 20.6 Å². The average Bonchev–Trinajstić information content (AvgIpc) is 3.27. The molecule has 2 heterocycles. The maximum atomic E-state index is 12.5. The third-order valence-electron chi connectivity index (χ3n) is 5.05. The average molecular weight is 461 g/mol. The number of hydrogen-bond acceptors (Lipinski definition) is 6. The fraction of sp³-hybridized carbons (Fsp3) is 0.200. The molecule has 7 nitrogen and oxygen atoms in total. The van der Waals surface area contributed by atoms with Crippen molar-refractivity contribution in [1.29, 1.82) is 0 Å². The number of rotatable bonds is 7. The Morgan fingerprint density at radius 2 is 1.97 bits per heavy atom. The van der Waals surface area contributed by atoms with Crippen LogP contribution in [0, 0.1) is 0 Å². The molecule has 0 saturated heterocycles. The third-order valence-corrected chi connectivity index (χ3v) is 5.30. The van der Waals surface area contributed by atoms with E-state index in [0.29, 0.717) is 35.0 Å². The van der Waals surface area contributed by atoms with Crippen LogP contribution in [-0.2, 0) is 6.54 Å². The number of fused-ring (bicyclic) bond motifs is 1. The Bertz CT molecular complexity index is 1240. The van der Waals surface area contributed by atoms with Gasteiger partial charge in [-0.25, -0.2) is 4.98 Å². The molecular formula is C25H24N4O3S. The van der Waals surface area contributed by atoms with Crippen molar-refractivity contribution in [2.75, 3.05) is 0 Å². The normalized spacial score (nSPS) is 11.7. The van der Waals surface area contributed by atoms with Crippen molar-refractivity contribution >= 4 is 34.5 Å². The number of pyridine rings is 1. The van der Waals surface area contributed by atoms with Crippen LogP contribution in [0.15, 0.2) is 71.3 Å². The van der Waals surface area contributed by atoms with Gasteiger partial charge in [0.25, 0.3) is 5.91 Å². The molecule has 2 N–H and O–H groups in total. The standard InChI is InChI=1S/C25H24N4O3S/c1-3-16(2)31-20-7-4-6-19(14-20)23(30)29-25(33)27-15-17-9-11-18(12-10-17)24-28-22-21(32-24)8-5-13-26-22/h4-14,16H,3,15H2,1-2H3,(H2,27,29,30,33)/t16-/m1/s1. The molecule has 0 saturated carbocycles. The van der Waals surface area contributed by atoms with Crippen LogP contribution in [0.1, 0.15) is 36.2 Å². The second kappa shape index (κ2) is 10.2. The molecule has 33 heavy (non-hydrogen) atoms. The Labute approximate surface area is 197 Å². The first-order chi connectivity index (χ1) is 16.0. The van der Waals surface area contributed by atoms with Crippen molar-refractivity contribution in [2.24, 2.45) is 0 Å². The maximum Gasteiger partial charge on any atom is 0.257 e. The molecular weight excluding hydrogens is 436 g/mol. The molecule has 0 bridgehead atoms. The quantitative estimate of drug-likeness (QED) is 0.380. The first-order valence-corrected chi connectivity index (χ1v) is 11.1. The van der Waals surface area contributed by atoms with Gasteiger partial charge in [-0.1, -0.05) is 25.1 Å². The molecule has 4 rings (SSSR count). The van der Waals surface area contributed by atoms with Gasteiger partial charge < -0.3 is 14.5 Å². The van der Waals surface area contributed by atoms with Crippen LogP contribution in [0.3, 0.4) is 0 Å². The monoisotopic (exact) mass is 460 g/mol. The van der Waals surface area contributed by atoms with Crippen molar-refractivity contribution in [3.8, 4) is 17.2 Å². The second-order valence-electron chi connectivity index (χ2n) is 7.54. The topological polar surface area (TPSA) is 89.3 Å². The van der Waals surface area contributed by atoms with E-state index in [9.17, 15) is 4.79 Å². The minimum Gasteiger partial charge on any atom is -0.491 e. The summed E-state index contributed by atoms with van der Waals surface area (Å²) in [6, 6.07) is 18.4. The van der Waals surface area contributed by atoms with Crippen LogP contribution in [-0.4, -0.2) is 27.1 Å². The summed E-state index contributed by atoms with van der Waals surface area (Å²) in [4.78, 5) is 21.1. The van der Waals surface area contributed by atoms with E-state index >= 15 is 0 Å². The molecule has 0 aliphatic rings. The van der Waals surface area contributed by atoms with Crippen LogP contribution in [0.25, 0.3) is 22.7 Å². The van der Waals surface area contributed by atoms with E-state index in [0.717, 1.165) is 17.5 Å². The van der Waals surface area contributed by atoms with E-state index in [-0.39, 0.29) is 17.1 Å². The zero-order valence-electron chi connectivity index (χ0n) is 18.4. The summed E-state index contributed by atoms with van der Waals surface area (Å²) in [5.74, 6) is 0.887. The first kappa shape index (κ1) is 22.4. The Kier molecular flexibility index (Phi) is 6.95. The molecule has 0 fully saturated rings. The molecule has 1 atom stereocenters. The lowest BCUT2D eigenvalue weighted by Gasteiger charge is -2.14. The number of amides is 1. The highest BCUT2D eigenvalue weighted by Crippen LogP contribution is 2.23. The van der Waals surface area contributed by atoms with Gasteiger partial charge >= 0.3 is 0 Å². The summed E-state index contributed by atoms with van der Waals surface area (Å²) in [7, 11) is 0. The van der Waals surface area contributed by atoms with Crippen molar-refractivity contribution in [3.05, 3.63) is 78.0 Å². The van der Waals surface area contributed by atoms with Crippen molar-refractivity contribution in [1.82, 2.24) is 20.6 Å². The lowest BCUT2D eigenvalue weighted by atomic mass is 10.1. The first-order valence-electron chi connectivity index (χ1n) is 10.7. The molecule has 2 aromatic carbocycles. The molecule has 0 unspecified atom stereocenters. The largest absolute Gasteiger partial charge is 0.491 e. The predicted molar refractivity (Wildman–Crippen MR) is 131 cm³/mol. The predicted octanol–water partition coefficient (Wildman–Crippen LogP) is 4.87. The Balaban J connectivity index is 1.31. The number of carbonyl (C=O) groups excluding carboxylic acids is 1. The van der Waals surface area contributed by atoms with Crippen LogP contribution in [0.5, 0.6) is 5.75 Å². The van der Waals surface area contributed by atoms with Crippen molar-refractivity contribution in [2.45, 2.75) is 32.9 Å². The lowest BCUT2D eigenvalue weighted by molar-refractivity contribution is 0.0975. The molecule has 0 radical (unpaired) electrons. The van der Waals surface area contributed by atoms with Gasteiger partial charge in [0.1, 0.15) is 5.75 Å². The Hall–Kier alpha value is -3.78. The molecule has 8 heteroatoms. The van der Waals surface area contributed by atoms with Gasteiger partial charge in [-0.05, 0) is 73.6 Å². The number of benzene rings is 2. The van der Waals surface area contributed by atoms with Gasteiger partial charge in [0.05, 0.1) is 6.10 Å². The fourth-order valence-electron chi connectivity index (χ4n) is 3.09. The number of ether oxygens (including phenoxy) is 1. The Morgan fingerprint density at radius 1 is 1.15 bits per heavy atom. The van der Waals surface area contributed by atoms with Crippen LogP contribution in [0.4, 0.5) is 0 Å². The summed E-state index contributed by atoms with van der Waals surface area (Å²) in [6.45, 7) is 4.50. The lowest BCUT2D eigenvalue weighted by Crippen LogP contribution is -2.38. The highest BCUT2D eigenvalue weighted by molar-refractivity contribution is 7.80. The molecule has 4 aromatic rings. The van der Waals surface area contributed by atoms with E-state index in [1.54, 1.807) is 24.4 Å². The summed E-state index contributed by atoms with van der Waals surface area (Å²) in [6.07, 6.45) is 2.65.